The number of sulfonamides is 1. The Hall–Kier alpha value is -1.40. The highest BCUT2D eigenvalue weighted by molar-refractivity contribution is 7.89. The second-order valence-corrected chi connectivity index (χ2v) is 7.64. The molecule has 1 atom stereocenters. The molecule has 1 aliphatic rings. The van der Waals surface area contributed by atoms with Crippen molar-refractivity contribution in [1.82, 2.24) is 10.0 Å². The zero-order valence-corrected chi connectivity index (χ0v) is 15.1. The zero-order chi connectivity index (χ0) is 16.1. The molecule has 0 amide bonds. The third-order valence-corrected chi connectivity index (χ3v) is 5.66. The summed E-state index contributed by atoms with van der Waals surface area (Å²) in [5, 5.41) is 3.38. The van der Waals surface area contributed by atoms with E-state index in [1.165, 1.54) is 6.42 Å². The van der Waals surface area contributed by atoms with E-state index in [1.807, 2.05) is 36.4 Å². The minimum atomic E-state index is -3.46. The Balaban J connectivity index is 0.00000208. The Labute approximate surface area is 150 Å². The molecule has 0 saturated carbocycles. The van der Waals surface area contributed by atoms with E-state index in [1.54, 1.807) is 18.2 Å². The average molecular weight is 367 g/mol. The van der Waals surface area contributed by atoms with Gasteiger partial charge in [0.2, 0.25) is 10.0 Å². The van der Waals surface area contributed by atoms with Gasteiger partial charge >= 0.3 is 0 Å². The summed E-state index contributed by atoms with van der Waals surface area (Å²) < 4.78 is 27.6. The summed E-state index contributed by atoms with van der Waals surface area (Å²) >= 11 is 0. The van der Waals surface area contributed by atoms with Crippen molar-refractivity contribution in [2.24, 2.45) is 0 Å². The van der Waals surface area contributed by atoms with Crippen molar-refractivity contribution >= 4 is 22.4 Å². The van der Waals surface area contributed by atoms with Crippen LogP contribution in [-0.4, -0.2) is 27.5 Å². The van der Waals surface area contributed by atoms with Crippen molar-refractivity contribution in [2.75, 3.05) is 13.1 Å². The smallest absolute Gasteiger partial charge is 0.240 e. The summed E-state index contributed by atoms with van der Waals surface area (Å²) in [5.74, 6) is 0. The lowest BCUT2D eigenvalue weighted by Crippen LogP contribution is -2.30. The van der Waals surface area contributed by atoms with Crippen LogP contribution in [0.5, 0.6) is 0 Å². The van der Waals surface area contributed by atoms with Gasteiger partial charge in [0.1, 0.15) is 0 Å². The average Bonchev–Trinajstić information content (AvgIpc) is 3.09. The molecule has 0 spiro atoms. The summed E-state index contributed by atoms with van der Waals surface area (Å²) in [6.45, 7) is 1.51. The third kappa shape index (κ3) is 4.80. The molecule has 1 saturated heterocycles. The van der Waals surface area contributed by atoms with Gasteiger partial charge in [0.05, 0.1) is 4.90 Å². The van der Waals surface area contributed by atoms with Crippen LogP contribution in [0.2, 0.25) is 0 Å². The predicted molar refractivity (Wildman–Crippen MR) is 100.0 cm³/mol. The van der Waals surface area contributed by atoms with Gasteiger partial charge in [-0.1, -0.05) is 42.5 Å². The highest BCUT2D eigenvalue weighted by Gasteiger charge is 2.17. The second-order valence-electron chi connectivity index (χ2n) is 5.87. The van der Waals surface area contributed by atoms with Gasteiger partial charge in [-0.25, -0.2) is 13.1 Å². The lowest BCUT2D eigenvalue weighted by Gasteiger charge is -2.12. The fourth-order valence-electron chi connectivity index (χ4n) is 2.93. The van der Waals surface area contributed by atoms with Crippen molar-refractivity contribution in [2.45, 2.75) is 30.2 Å². The maximum atomic E-state index is 12.5. The molecule has 4 nitrogen and oxygen atoms in total. The molecular formula is C18H23ClN2O2S. The van der Waals surface area contributed by atoms with E-state index in [0.29, 0.717) is 17.5 Å². The van der Waals surface area contributed by atoms with Crippen molar-refractivity contribution in [1.29, 1.82) is 0 Å². The van der Waals surface area contributed by atoms with Crippen LogP contribution >= 0.6 is 12.4 Å². The summed E-state index contributed by atoms with van der Waals surface area (Å²) in [6.07, 6.45) is 3.14. The minimum Gasteiger partial charge on any atom is -0.314 e. The Morgan fingerprint density at radius 3 is 2.50 bits per heavy atom. The van der Waals surface area contributed by atoms with Crippen LogP contribution in [-0.2, 0) is 10.0 Å². The zero-order valence-electron chi connectivity index (χ0n) is 13.4. The fraction of sp³-hybridized carbons (Fsp3) is 0.333. The highest BCUT2D eigenvalue weighted by Crippen LogP contribution is 2.22. The van der Waals surface area contributed by atoms with Crippen LogP contribution in [0.1, 0.15) is 19.3 Å². The van der Waals surface area contributed by atoms with Crippen molar-refractivity contribution < 1.29 is 8.42 Å². The first kappa shape index (κ1) is 18.9. The SMILES string of the molecule is Cl.O=S(=O)(NCC[C@H]1CCCN1)c1cccc(-c2ccccc2)c1. The summed E-state index contributed by atoms with van der Waals surface area (Å²) in [7, 11) is -3.46. The molecule has 2 N–H and O–H groups in total. The number of hydrogen-bond donors (Lipinski definition) is 2. The van der Waals surface area contributed by atoms with Crippen LogP contribution in [0.4, 0.5) is 0 Å². The predicted octanol–water partition coefficient (Wildman–Crippen LogP) is 3.20. The van der Waals surface area contributed by atoms with E-state index < -0.39 is 10.0 Å². The Kier molecular flexibility index (Phi) is 6.80. The van der Waals surface area contributed by atoms with Crippen LogP contribution in [0.3, 0.4) is 0 Å². The van der Waals surface area contributed by atoms with Crippen molar-refractivity contribution in [3.05, 3.63) is 54.6 Å². The lowest BCUT2D eigenvalue weighted by atomic mass is 10.1. The Bertz CT molecular complexity index is 745. The highest BCUT2D eigenvalue weighted by atomic mass is 35.5. The quantitative estimate of drug-likeness (QED) is 0.825. The molecule has 3 rings (SSSR count). The Morgan fingerprint density at radius 1 is 1.04 bits per heavy atom. The van der Waals surface area contributed by atoms with Crippen LogP contribution < -0.4 is 10.0 Å². The van der Waals surface area contributed by atoms with E-state index in [2.05, 4.69) is 10.0 Å². The molecule has 0 unspecified atom stereocenters. The van der Waals surface area contributed by atoms with E-state index in [9.17, 15) is 8.42 Å². The molecule has 6 heteroatoms. The molecule has 0 bridgehead atoms. The summed E-state index contributed by atoms with van der Waals surface area (Å²) in [6, 6.07) is 17.3. The second kappa shape index (κ2) is 8.62. The maximum Gasteiger partial charge on any atom is 0.240 e. The minimum absolute atomic E-state index is 0. The summed E-state index contributed by atoms with van der Waals surface area (Å²) in [4.78, 5) is 0.318. The first-order chi connectivity index (χ1) is 11.1. The molecule has 0 aromatic heterocycles. The van der Waals surface area contributed by atoms with Gasteiger partial charge in [-0.05, 0) is 49.1 Å². The molecule has 24 heavy (non-hydrogen) atoms. The Morgan fingerprint density at radius 2 is 1.79 bits per heavy atom. The molecule has 0 aliphatic carbocycles. The summed E-state index contributed by atoms with van der Waals surface area (Å²) in [5.41, 5.74) is 1.92. The molecule has 2 aromatic rings. The standard InChI is InChI=1S/C18H22N2O2S.ClH/c21-23(22,20-13-11-17-9-5-12-19-17)18-10-4-8-16(14-18)15-6-2-1-3-7-15;/h1-4,6-8,10,14,17,19-20H,5,9,11-13H2;1H/t17-;/m1./s1. The van der Waals surface area contributed by atoms with Gasteiger partial charge in [0, 0.05) is 12.6 Å². The van der Waals surface area contributed by atoms with E-state index in [0.717, 1.165) is 30.5 Å². The van der Waals surface area contributed by atoms with Gasteiger partial charge in [-0.3, -0.25) is 0 Å². The van der Waals surface area contributed by atoms with Gasteiger partial charge in [0.15, 0.2) is 0 Å². The number of rotatable bonds is 6. The molecule has 0 radical (unpaired) electrons. The van der Waals surface area contributed by atoms with Crippen LogP contribution in [0, 0.1) is 0 Å². The first-order valence-electron chi connectivity index (χ1n) is 8.04. The molecular weight excluding hydrogens is 344 g/mol. The maximum absolute atomic E-state index is 12.5. The van der Waals surface area contributed by atoms with Crippen molar-refractivity contribution in [3.8, 4) is 11.1 Å². The van der Waals surface area contributed by atoms with E-state index in [-0.39, 0.29) is 12.4 Å². The van der Waals surface area contributed by atoms with Gasteiger partial charge in [-0.15, -0.1) is 12.4 Å². The van der Waals surface area contributed by atoms with Gasteiger partial charge in [0.25, 0.3) is 0 Å². The largest absolute Gasteiger partial charge is 0.314 e. The monoisotopic (exact) mass is 366 g/mol. The van der Waals surface area contributed by atoms with Gasteiger partial charge < -0.3 is 5.32 Å². The molecule has 1 fully saturated rings. The molecule has 1 aliphatic heterocycles. The number of nitrogens with one attached hydrogen (secondary N) is 2. The fourth-order valence-corrected chi connectivity index (χ4v) is 4.02. The normalized spacial score (nSPS) is 17.4. The van der Waals surface area contributed by atoms with Crippen LogP contribution in [0.25, 0.3) is 11.1 Å². The topological polar surface area (TPSA) is 58.2 Å². The number of halogens is 1. The first-order valence-corrected chi connectivity index (χ1v) is 9.52. The molecule has 1 heterocycles. The van der Waals surface area contributed by atoms with E-state index >= 15 is 0 Å². The van der Waals surface area contributed by atoms with E-state index in [4.69, 9.17) is 0 Å². The number of benzene rings is 2. The van der Waals surface area contributed by atoms with Crippen LogP contribution in [0.15, 0.2) is 59.5 Å². The van der Waals surface area contributed by atoms with Crippen molar-refractivity contribution in [3.63, 3.8) is 0 Å². The molecule has 2 aromatic carbocycles. The number of hydrogen-bond acceptors (Lipinski definition) is 3. The molecule has 130 valence electrons. The third-order valence-electron chi connectivity index (χ3n) is 4.20. The van der Waals surface area contributed by atoms with Gasteiger partial charge in [-0.2, -0.15) is 0 Å². The lowest BCUT2D eigenvalue weighted by molar-refractivity contribution is 0.539.